The van der Waals surface area contributed by atoms with Crippen molar-refractivity contribution >= 4 is 11.9 Å². The summed E-state index contributed by atoms with van der Waals surface area (Å²) in [6.45, 7) is 8.22. The lowest BCUT2D eigenvalue weighted by molar-refractivity contribution is 0.833. The van der Waals surface area contributed by atoms with Crippen molar-refractivity contribution in [3.05, 3.63) is 76.6 Å². The Bertz CT molecular complexity index is 856. The second kappa shape index (κ2) is 6.71. The second-order valence-electron chi connectivity index (χ2n) is 6.07. The summed E-state index contributed by atoms with van der Waals surface area (Å²) in [5, 5.41) is 9.00. The van der Waals surface area contributed by atoms with E-state index in [9.17, 15) is 0 Å². The number of aromatic nitrogens is 2. The fraction of sp³-hybridized carbons (Fsp3) is 0.200. The van der Waals surface area contributed by atoms with Gasteiger partial charge in [0.15, 0.2) is 0 Å². The molecule has 1 heterocycles. The zero-order chi connectivity index (χ0) is 17.1. The van der Waals surface area contributed by atoms with Gasteiger partial charge in [-0.25, -0.2) is 4.68 Å². The highest BCUT2D eigenvalue weighted by Crippen LogP contribution is 2.17. The Morgan fingerprint density at radius 1 is 0.875 bits per heavy atom. The van der Waals surface area contributed by atoms with Crippen LogP contribution in [0.2, 0.25) is 0 Å². The van der Waals surface area contributed by atoms with Crippen molar-refractivity contribution < 1.29 is 0 Å². The van der Waals surface area contributed by atoms with Crippen molar-refractivity contribution in [1.82, 2.24) is 9.78 Å². The number of nitrogens with one attached hydrogen (secondary N) is 1. The van der Waals surface area contributed by atoms with Gasteiger partial charge in [-0.1, -0.05) is 35.4 Å². The van der Waals surface area contributed by atoms with Gasteiger partial charge in [-0.3, -0.25) is 5.43 Å². The normalized spacial score (nSPS) is 11.2. The minimum atomic E-state index is 0.961. The van der Waals surface area contributed by atoms with E-state index in [0.29, 0.717) is 0 Å². The monoisotopic (exact) mass is 318 g/mol. The molecule has 0 aliphatic carbocycles. The Hall–Kier alpha value is -2.88. The van der Waals surface area contributed by atoms with Crippen LogP contribution in [0.25, 0.3) is 5.69 Å². The van der Waals surface area contributed by atoms with Crippen molar-refractivity contribution in [3.63, 3.8) is 0 Å². The van der Waals surface area contributed by atoms with Gasteiger partial charge in [0, 0.05) is 5.56 Å². The van der Waals surface area contributed by atoms with Crippen LogP contribution in [-0.2, 0) is 0 Å². The van der Waals surface area contributed by atoms with Crippen LogP contribution in [-0.4, -0.2) is 16.0 Å². The average molecular weight is 318 g/mol. The molecule has 0 aliphatic heterocycles. The number of hydrogen-bond donors (Lipinski definition) is 1. The molecule has 0 saturated carbocycles. The summed E-state index contributed by atoms with van der Waals surface area (Å²) in [4.78, 5) is 0. The summed E-state index contributed by atoms with van der Waals surface area (Å²) in [5.41, 5.74) is 10.6. The van der Waals surface area contributed by atoms with Gasteiger partial charge in [-0.2, -0.15) is 10.2 Å². The molecule has 0 fully saturated rings. The molecule has 0 atom stereocenters. The molecule has 0 amide bonds. The Morgan fingerprint density at radius 2 is 1.46 bits per heavy atom. The summed E-state index contributed by atoms with van der Waals surface area (Å²) < 4.78 is 1.96. The van der Waals surface area contributed by atoms with Crippen molar-refractivity contribution in [2.24, 2.45) is 5.10 Å². The number of benzene rings is 2. The summed E-state index contributed by atoms with van der Waals surface area (Å²) in [6.07, 6.45) is 1.84. The third-order valence-electron chi connectivity index (χ3n) is 4.06. The largest absolute Gasteiger partial charge is 0.279 e. The summed E-state index contributed by atoms with van der Waals surface area (Å²) in [6, 6.07) is 16.5. The zero-order valence-corrected chi connectivity index (χ0v) is 14.5. The lowest BCUT2D eigenvalue weighted by Crippen LogP contribution is -1.99. The maximum absolute atomic E-state index is 4.64. The van der Waals surface area contributed by atoms with Crippen LogP contribution in [0, 0.1) is 27.7 Å². The van der Waals surface area contributed by atoms with Gasteiger partial charge < -0.3 is 0 Å². The maximum Gasteiger partial charge on any atom is 0.0689 e. The second-order valence-corrected chi connectivity index (χ2v) is 6.07. The minimum absolute atomic E-state index is 0.961. The molecule has 0 saturated heterocycles. The number of nitrogens with zero attached hydrogens (tertiary/aromatic N) is 3. The first-order chi connectivity index (χ1) is 11.5. The van der Waals surface area contributed by atoms with Gasteiger partial charge in [-0.15, -0.1) is 0 Å². The van der Waals surface area contributed by atoms with E-state index in [-0.39, 0.29) is 0 Å². The minimum Gasteiger partial charge on any atom is -0.279 e. The molecule has 4 heteroatoms. The highest BCUT2D eigenvalue weighted by molar-refractivity contribution is 5.83. The predicted octanol–water partition coefficient (Wildman–Crippen LogP) is 4.55. The van der Waals surface area contributed by atoms with Crippen molar-refractivity contribution in [2.75, 3.05) is 5.43 Å². The Morgan fingerprint density at radius 3 is 2.08 bits per heavy atom. The van der Waals surface area contributed by atoms with Crippen molar-refractivity contribution in [3.8, 4) is 5.69 Å². The van der Waals surface area contributed by atoms with Crippen LogP contribution in [0.3, 0.4) is 0 Å². The quantitative estimate of drug-likeness (QED) is 0.566. The van der Waals surface area contributed by atoms with E-state index in [4.69, 9.17) is 0 Å². The van der Waals surface area contributed by atoms with E-state index >= 15 is 0 Å². The van der Waals surface area contributed by atoms with Gasteiger partial charge in [0.1, 0.15) is 0 Å². The van der Waals surface area contributed by atoms with Gasteiger partial charge >= 0.3 is 0 Å². The molecular weight excluding hydrogens is 296 g/mol. The molecule has 3 rings (SSSR count). The SMILES string of the molecule is Cc1ccc(N/N=C/c2c(C)nn(-c3ccc(C)cc3)c2C)cc1. The Balaban J connectivity index is 1.82. The number of hydrazone groups is 1. The first-order valence-electron chi connectivity index (χ1n) is 8.03. The molecule has 1 N–H and O–H groups in total. The third-order valence-corrected chi connectivity index (χ3v) is 4.06. The van der Waals surface area contributed by atoms with Gasteiger partial charge in [0.2, 0.25) is 0 Å². The van der Waals surface area contributed by atoms with E-state index in [1.165, 1.54) is 11.1 Å². The fourth-order valence-corrected chi connectivity index (χ4v) is 2.58. The van der Waals surface area contributed by atoms with Crippen molar-refractivity contribution in [1.29, 1.82) is 0 Å². The molecule has 24 heavy (non-hydrogen) atoms. The topological polar surface area (TPSA) is 42.2 Å². The highest BCUT2D eigenvalue weighted by atomic mass is 15.3. The lowest BCUT2D eigenvalue weighted by Gasteiger charge is -2.05. The van der Waals surface area contributed by atoms with Crippen LogP contribution >= 0.6 is 0 Å². The molecule has 0 unspecified atom stereocenters. The molecule has 122 valence electrons. The van der Waals surface area contributed by atoms with Crippen LogP contribution in [0.1, 0.15) is 28.1 Å². The number of hydrogen-bond acceptors (Lipinski definition) is 3. The molecule has 0 bridgehead atoms. The van der Waals surface area contributed by atoms with Crippen LogP contribution < -0.4 is 5.43 Å². The molecule has 4 nitrogen and oxygen atoms in total. The molecule has 2 aromatic carbocycles. The summed E-state index contributed by atoms with van der Waals surface area (Å²) >= 11 is 0. The smallest absolute Gasteiger partial charge is 0.0689 e. The van der Waals surface area contributed by atoms with Gasteiger partial charge in [-0.05, 0) is 52.0 Å². The van der Waals surface area contributed by atoms with E-state index in [1.54, 1.807) is 0 Å². The van der Waals surface area contributed by atoms with Crippen LogP contribution in [0.4, 0.5) is 5.69 Å². The lowest BCUT2D eigenvalue weighted by atomic mass is 10.2. The first kappa shape index (κ1) is 16.0. The Kier molecular flexibility index (Phi) is 4.47. The summed E-state index contributed by atoms with van der Waals surface area (Å²) in [5.74, 6) is 0. The number of anilines is 1. The Labute approximate surface area is 142 Å². The van der Waals surface area contributed by atoms with E-state index in [2.05, 4.69) is 72.8 Å². The number of rotatable bonds is 4. The van der Waals surface area contributed by atoms with E-state index in [1.807, 2.05) is 30.0 Å². The van der Waals surface area contributed by atoms with Crippen molar-refractivity contribution in [2.45, 2.75) is 27.7 Å². The molecule has 0 aliphatic rings. The maximum atomic E-state index is 4.64. The summed E-state index contributed by atoms with van der Waals surface area (Å²) in [7, 11) is 0. The van der Waals surface area contributed by atoms with E-state index < -0.39 is 0 Å². The van der Waals surface area contributed by atoms with Gasteiger partial charge in [0.05, 0.1) is 29.0 Å². The van der Waals surface area contributed by atoms with E-state index in [0.717, 1.165) is 28.3 Å². The molecule has 0 spiro atoms. The molecule has 3 aromatic rings. The predicted molar refractivity (Wildman–Crippen MR) is 100 cm³/mol. The van der Waals surface area contributed by atoms with Crippen LogP contribution in [0.15, 0.2) is 53.6 Å². The van der Waals surface area contributed by atoms with Gasteiger partial charge in [0.25, 0.3) is 0 Å². The third kappa shape index (κ3) is 3.38. The molecule has 1 aromatic heterocycles. The molecular formula is C20H22N4. The zero-order valence-electron chi connectivity index (χ0n) is 14.5. The van der Waals surface area contributed by atoms with Crippen LogP contribution in [0.5, 0.6) is 0 Å². The molecule has 0 radical (unpaired) electrons. The highest BCUT2D eigenvalue weighted by Gasteiger charge is 2.11. The fourth-order valence-electron chi connectivity index (χ4n) is 2.58. The average Bonchev–Trinajstić information content (AvgIpc) is 2.85. The standard InChI is InChI=1S/C20H22N4/c1-14-5-9-18(10-6-14)22-21-13-20-16(3)23-24(17(20)4)19-11-7-15(2)8-12-19/h5-13,22H,1-4H3/b21-13+. The first-order valence-corrected chi connectivity index (χ1v) is 8.03. The number of aryl methyl sites for hydroxylation is 3.